The number of nitrogens with one attached hydrogen (secondary N) is 2. The first-order valence-electron chi connectivity index (χ1n) is 11.5. The summed E-state index contributed by atoms with van der Waals surface area (Å²) in [5.74, 6) is -2.41. The smallest absolute Gasteiger partial charge is 0.246 e. The maximum atomic E-state index is 13.3. The number of hydrogen-bond acceptors (Lipinski definition) is 4. The Morgan fingerprint density at radius 1 is 1.09 bits per heavy atom. The molecule has 0 aliphatic heterocycles. The molecule has 2 aromatic carbocycles. The minimum atomic E-state index is -0.827. The zero-order chi connectivity index (χ0) is 24.5. The highest BCUT2D eigenvalue weighted by Crippen LogP contribution is 2.32. The van der Waals surface area contributed by atoms with Crippen LogP contribution in [0.2, 0.25) is 0 Å². The number of amides is 2. The molecular weight excluding hydrogens is 470 g/mol. The summed E-state index contributed by atoms with van der Waals surface area (Å²) in [6, 6.07) is 9.48. The standard InChI is InChI=1S/C26H24F2N4O2S/c1-15(29-24(33)12-16-10-18(27)13-19(28)11-16)25(34)30-20-8-6-17(7-9-20)21-14-32-22-4-2-3-5-23(22)35-26(32)31-21/h6-11,13-15H,2-5,12H2,1H3,(H,29,33)(H,30,34)/t15-/m1/s1. The maximum Gasteiger partial charge on any atom is 0.246 e. The molecule has 2 amide bonds. The summed E-state index contributed by atoms with van der Waals surface area (Å²) in [6.45, 7) is 1.55. The first-order valence-corrected chi connectivity index (χ1v) is 12.3. The van der Waals surface area contributed by atoms with Crippen LogP contribution < -0.4 is 10.6 Å². The highest BCUT2D eigenvalue weighted by Gasteiger charge is 2.19. The Morgan fingerprint density at radius 3 is 2.54 bits per heavy atom. The third kappa shape index (κ3) is 5.09. The van der Waals surface area contributed by atoms with Gasteiger partial charge >= 0.3 is 0 Å². The summed E-state index contributed by atoms with van der Waals surface area (Å²) >= 11 is 1.76. The van der Waals surface area contributed by atoms with Crippen molar-refractivity contribution >= 4 is 33.8 Å². The van der Waals surface area contributed by atoms with Gasteiger partial charge in [-0.25, -0.2) is 13.8 Å². The van der Waals surface area contributed by atoms with Crippen molar-refractivity contribution in [2.45, 2.75) is 45.1 Å². The lowest BCUT2D eigenvalue weighted by atomic mass is 10.0. The third-order valence-electron chi connectivity index (χ3n) is 6.07. The first-order chi connectivity index (χ1) is 16.9. The molecule has 0 bridgehead atoms. The summed E-state index contributed by atoms with van der Waals surface area (Å²) in [4.78, 5) is 32.0. The fourth-order valence-electron chi connectivity index (χ4n) is 4.34. The van der Waals surface area contributed by atoms with Crippen LogP contribution in [0.5, 0.6) is 0 Å². The maximum absolute atomic E-state index is 13.3. The van der Waals surface area contributed by atoms with Gasteiger partial charge in [-0.3, -0.25) is 14.0 Å². The van der Waals surface area contributed by atoms with Gasteiger partial charge in [0.05, 0.1) is 12.1 Å². The van der Waals surface area contributed by atoms with Crippen LogP contribution in [0.1, 0.15) is 35.9 Å². The van der Waals surface area contributed by atoms with Crippen LogP contribution in [0.4, 0.5) is 14.5 Å². The Bertz CT molecular complexity index is 1390. The topological polar surface area (TPSA) is 75.5 Å². The molecule has 1 atom stereocenters. The average molecular weight is 495 g/mol. The average Bonchev–Trinajstić information content (AvgIpc) is 3.37. The van der Waals surface area contributed by atoms with Gasteiger partial charge in [-0.2, -0.15) is 0 Å². The molecule has 180 valence electrons. The Hall–Kier alpha value is -3.59. The molecule has 0 saturated heterocycles. The lowest BCUT2D eigenvalue weighted by molar-refractivity contribution is -0.125. The largest absolute Gasteiger partial charge is 0.344 e. The van der Waals surface area contributed by atoms with E-state index in [1.807, 2.05) is 12.1 Å². The SMILES string of the molecule is C[C@@H](NC(=O)Cc1cc(F)cc(F)c1)C(=O)Nc1ccc(-c2cn3c4c(sc3n2)CCCC4)cc1. The fraction of sp³-hybridized carbons (Fsp3) is 0.269. The number of carbonyl (C=O) groups excluding carboxylic acids is 2. The second-order valence-corrected chi connectivity index (χ2v) is 9.83. The van der Waals surface area contributed by atoms with Crippen LogP contribution in [0, 0.1) is 11.6 Å². The fourth-order valence-corrected chi connectivity index (χ4v) is 5.53. The molecule has 5 rings (SSSR count). The van der Waals surface area contributed by atoms with E-state index in [0.29, 0.717) is 5.69 Å². The van der Waals surface area contributed by atoms with Gasteiger partial charge in [0.15, 0.2) is 4.96 Å². The van der Waals surface area contributed by atoms with Crippen molar-refractivity contribution in [1.29, 1.82) is 0 Å². The highest BCUT2D eigenvalue weighted by molar-refractivity contribution is 7.17. The van der Waals surface area contributed by atoms with Gasteiger partial charge in [-0.15, -0.1) is 11.3 Å². The molecular formula is C26H24F2N4O2S. The molecule has 0 unspecified atom stereocenters. The molecule has 4 aromatic rings. The summed E-state index contributed by atoms with van der Waals surface area (Å²) < 4.78 is 28.8. The molecule has 0 saturated carbocycles. The molecule has 2 heterocycles. The monoisotopic (exact) mass is 494 g/mol. The zero-order valence-electron chi connectivity index (χ0n) is 19.1. The molecule has 0 spiro atoms. The number of aromatic nitrogens is 2. The van der Waals surface area contributed by atoms with E-state index in [4.69, 9.17) is 4.98 Å². The van der Waals surface area contributed by atoms with Crippen LogP contribution in [-0.2, 0) is 28.9 Å². The third-order valence-corrected chi connectivity index (χ3v) is 7.23. The highest BCUT2D eigenvalue weighted by atomic mass is 32.1. The second kappa shape index (κ2) is 9.58. The van der Waals surface area contributed by atoms with E-state index in [1.54, 1.807) is 30.4 Å². The number of anilines is 1. The van der Waals surface area contributed by atoms with Gasteiger partial charge in [0.1, 0.15) is 17.7 Å². The Labute approximate surface area is 205 Å². The van der Waals surface area contributed by atoms with Crippen molar-refractivity contribution in [3.05, 3.63) is 76.4 Å². The minimum absolute atomic E-state index is 0.197. The van der Waals surface area contributed by atoms with Crippen molar-refractivity contribution in [3.63, 3.8) is 0 Å². The van der Waals surface area contributed by atoms with Crippen molar-refractivity contribution in [2.75, 3.05) is 5.32 Å². The number of nitrogens with zero attached hydrogens (tertiary/aromatic N) is 2. The predicted molar refractivity (Wildman–Crippen MR) is 131 cm³/mol. The molecule has 0 fully saturated rings. The number of benzene rings is 2. The molecule has 9 heteroatoms. The van der Waals surface area contributed by atoms with E-state index < -0.39 is 29.5 Å². The quantitative estimate of drug-likeness (QED) is 0.400. The van der Waals surface area contributed by atoms with E-state index in [2.05, 4.69) is 21.2 Å². The van der Waals surface area contributed by atoms with E-state index in [1.165, 1.54) is 23.4 Å². The van der Waals surface area contributed by atoms with Crippen molar-refractivity contribution < 1.29 is 18.4 Å². The van der Waals surface area contributed by atoms with E-state index in [0.717, 1.165) is 47.3 Å². The number of imidazole rings is 1. The zero-order valence-corrected chi connectivity index (χ0v) is 19.9. The Kier molecular flexibility index (Phi) is 6.34. The molecule has 1 aliphatic carbocycles. The lowest BCUT2D eigenvalue weighted by Crippen LogP contribution is -2.42. The molecule has 0 radical (unpaired) electrons. The van der Waals surface area contributed by atoms with Gasteiger partial charge in [0.25, 0.3) is 0 Å². The Morgan fingerprint density at radius 2 is 1.80 bits per heavy atom. The number of carbonyl (C=O) groups is 2. The number of halogens is 2. The van der Waals surface area contributed by atoms with Gasteiger partial charge in [-0.05, 0) is 62.4 Å². The van der Waals surface area contributed by atoms with Crippen LogP contribution in [0.3, 0.4) is 0 Å². The number of aryl methyl sites for hydroxylation is 2. The van der Waals surface area contributed by atoms with E-state index in [9.17, 15) is 18.4 Å². The minimum Gasteiger partial charge on any atom is -0.344 e. The van der Waals surface area contributed by atoms with Gasteiger partial charge < -0.3 is 10.6 Å². The van der Waals surface area contributed by atoms with Crippen LogP contribution in [0.25, 0.3) is 16.2 Å². The molecule has 2 N–H and O–H groups in total. The molecule has 35 heavy (non-hydrogen) atoms. The number of fused-ring (bicyclic) bond motifs is 3. The number of hydrogen-bond donors (Lipinski definition) is 2. The predicted octanol–water partition coefficient (Wildman–Crippen LogP) is 4.91. The van der Waals surface area contributed by atoms with Gasteiger partial charge in [0.2, 0.25) is 11.8 Å². The van der Waals surface area contributed by atoms with Gasteiger partial charge in [0, 0.05) is 34.1 Å². The Balaban J connectivity index is 1.19. The van der Waals surface area contributed by atoms with Crippen molar-refractivity contribution in [1.82, 2.24) is 14.7 Å². The summed E-state index contributed by atoms with van der Waals surface area (Å²) in [5, 5.41) is 5.33. The molecule has 6 nitrogen and oxygen atoms in total. The summed E-state index contributed by atoms with van der Waals surface area (Å²) in [7, 11) is 0. The number of thiazole rings is 1. The lowest BCUT2D eigenvalue weighted by Gasteiger charge is -2.14. The van der Waals surface area contributed by atoms with Crippen LogP contribution in [0.15, 0.2) is 48.7 Å². The van der Waals surface area contributed by atoms with E-state index in [-0.39, 0.29) is 12.0 Å². The van der Waals surface area contributed by atoms with Crippen molar-refractivity contribution in [3.8, 4) is 11.3 Å². The van der Waals surface area contributed by atoms with E-state index >= 15 is 0 Å². The van der Waals surface area contributed by atoms with Gasteiger partial charge in [-0.1, -0.05) is 12.1 Å². The molecule has 2 aromatic heterocycles. The normalized spacial score (nSPS) is 13.9. The molecule has 1 aliphatic rings. The first kappa shape index (κ1) is 23.2. The summed E-state index contributed by atoms with van der Waals surface area (Å²) in [6.07, 6.45) is 6.52. The van der Waals surface area contributed by atoms with Crippen molar-refractivity contribution in [2.24, 2.45) is 0 Å². The second-order valence-electron chi connectivity index (χ2n) is 8.77. The van der Waals surface area contributed by atoms with Crippen LogP contribution >= 0.6 is 11.3 Å². The number of rotatable bonds is 6. The van der Waals surface area contributed by atoms with Crippen LogP contribution in [-0.4, -0.2) is 27.2 Å². The summed E-state index contributed by atoms with van der Waals surface area (Å²) in [5.41, 5.74) is 4.00.